The summed E-state index contributed by atoms with van der Waals surface area (Å²) in [6.45, 7) is 2.41. The molecule has 0 unspecified atom stereocenters. The van der Waals surface area contributed by atoms with Gasteiger partial charge in [0.05, 0.1) is 29.7 Å². The molecule has 0 aromatic carbocycles. The highest BCUT2D eigenvalue weighted by Gasteiger charge is 2.17. The molecule has 0 atom stereocenters. The number of carbonyl (C=O) groups is 1. The van der Waals surface area contributed by atoms with Crippen LogP contribution in [0.3, 0.4) is 0 Å². The molecule has 11 heteroatoms. The van der Waals surface area contributed by atoms with Crippen LogP contribution in [0.2, 0.25) is 0 Å². The van der Waals surface area contributed by atoms with Crippen molar-refractivity contribution >= 4 is 17.4 Å². The molecule has 6 heterocycles. The second-order valence-electron chi connectivity index (χ2n) is 9.06. The summed E-state index contributed by atoms with van der Waals surface area (Å²) in [7, 11) is 1.85. The lowest BCUT2D eigenvalue weighted by atomic mass is 10.0. The van der Waals surface area contributed by atoms with Crippen LogP contribution in [-0.2, 0) is 13.6 Å². The number of anilines is 1. The van der Waals surface area contributed by atoms with Crippen molar-refractivity contribution in [2.24, 2.45) is 7.05 Å². The molecule has 37 heavy (non-hydrogen) atoms. The molecule has 5 aromatic heterocycles. The highest BCUT2D eigenvalue weighted by atomic mass is 16.2. The number of nitrogens with zero attached hydrogens (tertiary/aromatic N) is 9. The van der Waals surface area contributed by atoms with E-state index in [0.29, 0.717) is 23.2 Å². The highest BCUT2D eigenvalue weighted by Crippen LogP contribution is 2.31. The molecule has 6 rings (SSSR count). The lowest BCUT2D eigenvalue weighted by Crippen LogP contribution is -2.28. The van der Waals surface area contributed by atoms with Gasteiger partial charge < -0.3 is 10.2 Å². The molecule has 1 N–H and O–H groups in total. The summed E-state index contributed by atoms with van der Waals surface area (Å²) in [6.07, 6.45) is 14.5. The molecule has 1 fully saturated rings. The Bertz CT molecular complexity index is 1630. The number of aromatic nitrogens is 7. The lowest BCUT2D eigenvalue weighted by Gasteiger charge is -2.16. The number of nitriles is 1. The van der Waals surface area contributed by atoms with Crippen LogP contribution < -0.4 is 10.2 Å². The van der Waals surface area contributed by atoms with Crippen LogP contribution in [0.1, 0.15) is 24.0 Å². The zero-order chi connectivity index (χ0) is 25.4. The second-order valence-corrected chi connectivity index (χ2v) is 9.06. The maximum Gasteiger partial charge on any atom is 0.342 e. The minimum absolute atomic E-state index is 0.337. The van der Waals surface area contributed by atoms with Gasteiger partial charge in [0.25, 0.3) is 0 Å². The van der Waals surface area contributed by atoms with Gasteiger partial charge in [-0.1, -0.05) is 6.07 Å². The van der Waals surface area contributed by atoms with E-state index < -0.39 is 0 Å². The van der Waals surface area contributed by atoms with Crippen LogP contribution >= 0.6 is 0 Å². The SMILES string of the molecule is Cn1cc(-c2cc(-c3cnn(C(=O)NCc4ccc(N5CCCC5)nc4)c3)c3c(C#N)cnn3c2)cn1. The average Bonchev–Trinajstić information content (AvgIpc) is 3.73. The number of aryl methyl sites for hydroxylation is 1. The molecule has 1 amide bonds. The molecule has 1 aliphatic heterocycles. The van der Waals surface area contributed by atoms with Gasteiger partial charge in [0.15, 0.2) is 0 Å². The van der Waals surface area contributed by atoms with Crippen molar-refractivity contribution < 1.29 is 4.79 Å². The van der Waals surface area contributed by atoms with E-state index in [-0.39, 0.29) is 6.03 Å². The molecule has 5 aromatic rings. The van der Waals surface area contributed by atoms with Gasteiger partial charge in [-0.3, -0.25) is 4.68 Å². The molecule has 0 saturated carbocycles. The average molecular weight is 493 g/mol. The molecule has 0 aliphatic carbocycles. The van der Waals surface area contributed by atoms with Gasteiger partial charge in [-0.2, -0.15) is 25.2 Å². The summed E-state index contributed by atoms with van der Waals surface area (Å²) in [5, 5.41) is 25.4. The summed E-state index contributed by atoms with van der Waals surface area (Å²) < 4.78 is 4.66. The number of carbonyl (C=O) groups excluding carboxylic acids is 1. The third kappa shape index (κ3) is 4.29. The van der Waals surface area contributed by atoms with Gasteiger partial charge in [-0.25, -0.2) is 14.3 Å². The number of amides is 1. The van der Waals surface area contributed by atoms with Crippen molar-refractivity contribution in [3.63, 3.8) is 0 Å². The van der Waals surface area contributed by atoms with Crippen molar-refractivity contribution in [2.45, 2.75) is 19.4 Å². The third-order valence-electron chi connectivity index (χ3n) is 6.56. The molecule has 0 radical (unpaired) electrons. The molecular weight excluding hydrogens is 468 g/mol. The molecule has 0 bridgehead atoms. The quantitative estimate of drug-likeness (QED) is 0.400. The van der Waals surface area contributed by atoms with Crippen LogP contribution in [0.4, 0.5) is 10.6 Å². The topological polar surface area (TPSA) is 122 Å². The Balaban J connectivity index is 1.24. The fraction of sp³-hybridized carbons (Fsp3) is 0.231. The van der Waals surface area contributed by atoms with Crippen molar-refractivity contribution in [1.29, 1.82) is 5.26 Å². The maximum absolute atomic E-state index is 12.8. The number of rotatable bonds is 5. The van der Waals surface area contributed by atoms with E-state index in [1.807, 2.05) is 37.6 Å². The smallest absolute Gasteiger partial charge is 0.342 e. The van der Waals surface area contributed by atoms with Gasteiger partial charge in [-0.15, -0.1) is 0 Å². The Hall–Kier alpha value is -4.98. The van der Waals surface area contributed by atoms with E-state index in [1.54, 1.807) is 34.0 Å². The number of hydrogen-bond donors (Lipinski definition) is 1. The van der Waals surface area contributed by atoms with Gasteiger partial charge in [0.1, 0.15) is 11.9 Å². The molecular formula is C26H24N10O. The Morgan fingerprint density at radius 2 is 1.84 bits per heavy atom. The standard InChI is InChI=1S/C26H24N10O/c1-33-15-21(13-30-33)19-8-23(25-20(9-27)12-31-35(25)16-19)22-14-32-36(17-22)26(37)29-11-18-4-5-24(28-10-18)34-6-2-3-7-34/h4-5,8,10,12-17H,2-3,6-7,11H2,1H3,(H,29,37). The maximum atomic E-state index is 12.8. The Labute approximate surface area is 212 Å². The predicted molar refractivity (Wildman–Crippen MR) is 137 cm³/mol. The summed E-state index contributed by atoms with van der Waals surface area (Å²) in [4.78, 5) is 19.7. The predicted octanol–water partition coefficient (Wildman–Crippen LogP) is 3.22. The monoisotopic (exact) mass is 492 g/mol. The van der Waals surface area contributed by atoms with Crippen molar-refractivity contribution in [3.8, 4) is 28.3 Å². The summed E-state index contributed by atoms with van der Waals surface area (Å²) in [5.41, 5.74) is 5.23. The third-order valence-corrected chi connectivity index (χ3v) is 6.56. The van der Waals surface area contributed by atoms with Crippen LogP contribution in [0, 0.1) is 11.3 Å². The van der Waals surface area contributed by atoms with E-state index >= 15 is 0 Å². The Morgan fingerprint density at radius 3 is 2.57 bits per heavy atom. The first-order valence-electron chi connectivity index (χ1n) is 12.0. The van der Waals surface area contributed by atoms with E-state index in [0.717, 1.165) is 41.2 Å². The zero-order valence-electron chi connectivity index (χ0n) is 20.2. The van der Waals surface area contributed by atoms with Crippen LogP contribution in [0.5, 0.6) is 0 Å². The minimum Gasteiger partial charge on any atom is -0.357 e. The molecule has 0 spiro atoms. The first-order valence-corrected chi connectivity index (χ1v) is 12.0. The normalized spacial score (nSPS) is 13.2. The zero-order valence-corrected chi connectivity index (χ0v) is 20.2. The number of fused-ring (bicyclic) bond motifs is 1. The van der Waals surface area contributed by atoms with E-state index in [2.05, 4.69) is 36.6 Å². The van der Waals surface area contributed by atoms with Crippen LogP contribution in [0.25, 0.3) is 27.8 Å². The molecule has 184 valence electrons. The number of hydrogen-bond acceptors (Lipinski definition) is 7. The van der Waals surface area contributed by atoms with E-state index in [9.17, 15) is 10.1 Å². The van der Waals surface area contributed by atoms with E-state index in [4.69, 9.17) is 0 Å². The van der Waals surface area contributed by atoms with Gasteiger partial charge in [-0.05, 0) is 30.5 Å². The minimum atomic E-state index is -0.358. The summed E-state index contributed by atoms with van der Waals surface area (Å²) in [6, 6.07) is 7.78. The first kappa shape index (κ1) is 22.5. The summed E-state index contributed by atoms with van der Waals surface area (Å²) in [5.74, 6) is 0.973. The molecule has 1 saturated heterocycles. The fourth-order valence-corrected chi connectivity index (χ4v) is 4.64. The number of pyridine rings is 2. The van der Waals surface area contributed by atoms with Gasteiger partial charge in [0.2, 0.25) is 0 Å². The van der Waals surface area contributed by atoms with Crippen molar-refractivity contribution in [2.75, 3.05) is 18.0 Å². The van der Waals surface area contributed by atoms with Crippen molar-refractivity contribution in [3.05, 3.63) is 72.7 Å². The fourth-order valence-electron chi connectivity index (χ4n) is 4.64. The molecule has 11 nitrogen and oxygen atoms in total. The largest absolute Gasteiger partial charge is 0.357 e. The molecule has 1 aliphatic rings. The Kier molecular flexibility index (Phi) is 5.61. The summed E-state index contributed by atoms with van der Waals surface area (Å²) >= 11 is 0. The highest BCUT2D eigenvalue weighted by molar-refractivity contribution is 5.88. The van der Waals surface area contributed by atoms with Gasteiger partial charge in [0, 0.05) is 73.7 Å². The van der Waals surface area contributed by atoms with E-state index in [1.165, 1.54) is 23.7 Å². The first-order chi connectivity index (χ1) is 18.1. The van der Waals surface area contributed by atoms with Crippen LogP contribution in [-0.4, -0.2) is 53.3 Å². The lowest BCUT2D eigenvalue weighted by molar-refractivity contribution is 0.239. The second kappa shape index (κ2) is 9.23. The van der Waals surface area contributed by atoms with Crippen LogP contribution in [0.15, 0.2) is 61.6 Å². The number of nitrogens with one attached hydrogen (secondary N) is 1. The van der Waals surface area contributed by atoms with Gasteiger partial charge >= 0.3 is 6.03 Å². The van der Waals surface area contributed by atoms with Crippen molar-refractivity contribution in [1.82, 2.24) is 39.5 Å². The Morgan fingerprint density at radius 1 is 1.00 bits per heavy atom.